The van der Waals surface area contributed by atoms with Crippen molar-refractivity contribution in [3.05, 3.63) is 41.7 Å². The van der Waals surface area contributed by atoms with E-state index in [1.54, 1.807) is 6.20 Å². The van der Waals surface area contributed by atoms with E-state index in [0.717, 1.165) is 23.9 Å². The van der Waals surface area contributed by atoms with E-state index in [9.17, 15) is 4.79 Å². The van der Waals surface area contributed by atoms with Crippen LogP contribution in [0.1, 0.15) is 24.0 Å². The molecular weight excluding hydrogens is 344 g/mol. The smallest absolute Gasteiger partial charge is 0.232 e. The van der Waals surface area contributed by atoms with E-state index < -0.39 is 0 Å². The summed E-state index contributed by atoms with van der Waals surface area (Å²) in [5.41, 5.74) is 3.54. The monoisotopic (exact) mass is 372 g/mol. The van der Waals surface area contributed by atoms with Crippen molar-refractivity contribution in [3.63, 3.8) is 0 Å². The fourth-order valence-corrected chi connectivity index (χ4v) is 4.12. The van der Waals surface area contributed by atoms with Crippen molar-refractivity contribution in [2.45, 2.75) is 31.8 Å². The number of amides is 1. The van der Waals surface area contributed by atoms with E-state index in [1.165, 1.54) is 48.8 Å². The van der Waals surface area contributed by atoms with Crippen LogP contribution in [0.3, 0.4) is 0 Å². The zero-order valence-electron chi connectivity index (χ0n) is 15.9. The van der Waals surface area contributed by atoms with Crippen LogP contribution in [0.25, 0.3) is 5.69 Å². The van der Waals surface area contributed by atoms with Crippen molar-refractivity contribution < 1.29 is 4.79 Å². The molecule has 0 spiro atoms. The summed E-state index contributed by atoms with van der Waals surface area (Å²) >= 11 is 1.50. The zero-order chi connectivity index (χ0) is 18.5. The summed E-state index contributed by atoms with van der Waals surface area (Å²) in [6.07, 6.45) is 6.33. The molecule has 1 saturated heterocycles. The van der Waals surface area contributed by atoms with Crippen molar-refractivity contribution >= 4 is 17.7 Å². The van der Waals surface area contributed by atoms with Crippen molar-refractivity contribution in [2.24, 2.45) is 0 Å². The second-order valence-electron chi connectivity index (χ2n) is 7.02. The fourth-order valence-electron chi connectivity index (χ4n) is 3.22. The summed E-state index contributed by atoms with van der Waals surface area (Å²) in [5, 5.41) is 0.861. The van der Waals surface area contributed by atoms with Crippen LogP contribution in [-0.2, 0) is 4.79 Å². The number of thioether (sulfide) groups is 1. The third-order valence-corrected chi connectivity index (χ3v) is 5.88. The average Bonchev–Trinajstić information content (AvgIpc) is 3.31. The Kier molecular flexibility index (Phi) is 6.38. The summed E-state index contributed by atoms with van der Waals surface area (Å²) in [4.78, 5) is 21.2. The number of likely N-dealkylation sites (N-methyl/N-ethyl adjacent to an activating group) is 1. The molecule has 1 aliphatic heterocycles. The zero-order valence-corrected chi connectivity index (χ0v) is 16.8. The van der Waals surface area contributed by atoms with Crippen LogP contribution in [0.5, 0.6) is 0 Å². The molecule has 0 bridgehead atoms. The molecular formula is C20H28N4OS. The van der Waals surface area contributed by atoms with Gasteiger partial charge in [-0.2, -0.15) is 0 Å². The lowest BCUT2D eigenvalue weighted by Gasteiger charge is -2.21. The van der Waals surface area contributed by atoms with E-state index in [4.69, 9.17) is 0 Å². The SMILES string of the molecule is Cc1ccc(C)c(-n2ccnc2SCC(=O)N(C)CCN2CCCC2)c1. The van der Waals surface area contributed by atoms with Gasteiger partial charge >= 0.3 is 0 Å². The Hall–Kier alpha value is -1.79. The predicted octanol–water partition coefficient (Wildman–Crippen LogP) is 3.14. The number of aromatic nitrogens is 2. The van der Waals surface area contributed by atoms with Crippen LogP contribution < -0.4 is 0 Å². The van der Waals surface area contributed by atoms with Crippen LogP contribution >= 0.6 is 11.8 Å². The minimum atomic E-state index is 0.157. The molecule has 2 aromatic rings. The Balaban J connectivity index is 1.57. The quantitative estimate of drug-likeness (QED) is 0.700. The molecule has 6 heteroatoms. The number of aryl methyl sites for hydroxylation is 2. The molecule has 0 radical (unpaired) electrons. The van der Waals surface area contributed by atoms with Gasteiger partial charge in [-0.3, -0.25) is 9.36 Å². The van der Waals surface area contributed by atoms with E-state index in [0.29, 0.717) is 5.75 Å². The van der Waals surface area contributed by atoms with Gasteiger partial charge in [0, 0.05) is 32.5 Å². The minimum Gasteiger partial charge on any atom is -0.344 e. The predicted molar refractivity (Wildman–Crippen MR) is 107 cm³/mol. The van der Waals surface area contributed by atoms with Crippen LogP contribution in [-0.4, -0.2) is 64.2 Å². The maximum atomic E-state index is 12.5. The number of nitrogens with zero attached hydrogens (tertiary/aromatic N) is 4. The van der Waals surface area contributed by atoms with Gasteiger partial charge in [-0.1, -0.05) is 23.9 Å². The summed E-state index contributed by atoms with van der Waals surface area (Å²) in [5.74, 6) is 0.572. The molecule has 2 heterocycles. The van der Waals surface area contributed by atoms with Gasteiger partial charge in [-0.05, 0) is 57.0 Å². The molecule has 1 aliphatic rings. The number of hydrogen-bond acceptors (Lipinski definition) is 4. The first kappa shape index (κ1) is 19.0. The number of likely N-dealkylation sites (tertiary alicyclic amines) is 1. The molecule has 0 aliphatic carbocycles. The lowest BCUT2D eigenvalue weighted by atomic mass is 10.1. The second kappa shape index (κ2) is 8.73. The summed E-state index contributed by atoms with van der Waals surface area (Å²) < 4.78 is 2.07. The van der Waals surface area contributed by atoms with Crippen molar-refractivity contribution in [2.75, 3.05) is 39.0 Å². The summed E-state index contributed by atoms with van der Waals surface area (Å²) in [6.45, 7) is 8.30. The van der Waals surface area contributed by atoms with Crippen LogP contribution in [0.2, 0.25) is 0 Å². The van der Waals surface area contributed by atoms with Gasteiger partial charge < -0.3 is 9.80 Å². The Morgan fingerprint density at radius 2 is 2.04 bits per heavy atom. The first-order valence-corrected chi connectivity index (χ1v) is 10.2. The third-order valence-electron chi connectivity index (χ3n) is 4.93. The lowest BCUT2D eigenvalue weighted by Crippen LogP contribution is -2.36. The van der Waals surface area contributed by atoms with Gasteiger partial charge in [0.25, 0.3) is 0 Å². The molecule has 0 atom stereocenters. The Morgan fingerprint density at radius 1 is 1.27 bits per heavy atom. The van der Waals surface area contributed by atoms with Crippen molar-refractivity contribution in [3.8, 4) is 5.69 Å². The van der Waals surface area contributed by atoms with E-state index >= 15 is 0 Å². The average molecular weight is 373 g/mol. The molecule has 1 fully saturated rings. The first-order valence-electron chi connectivity index (χ1n) is 9.24. The van der Waals surface area contributed by atoms with Gasteiger partial charge in [0.05, 0.1) is 11.4 Å². The third kappa shape index (κ3) is 4.68. The largest absolute Gasteiger partial charge is 0.344 e. The highest BCUT2D eigenvalue weighted by Gasteiger charge is 2.16. The standard InChI is InChI=1S/C20H28N4OS/c1-16-6-7-17(2)18(14-16)24-11-8-21-20(24)26-15-19(25)22(3)12-13-23-9-4-5-10-23/h6-8,11,14H,4-5,9-10,12-13,15H2,1-3H3. The summed E-state index contributed by atoms with van der Waals surface area (Å²) in [6, 6.07) is 6.39. The Morgan fingerprint density at radius 3 is 2.81 bits per heavy atom. The van der Waals surface area contributed by atoms with E-state index in [1.807, 2.05) is 18.1 Å². The Bertz CT molecular complexity index is 752. The Labute approximate surface area is 160 Å². The van der Waals surface area contributed by atoms with E-state index in [-0.39, 0.29) is 5.91 Å². The summed E-state index contributed by atoms with van der Waals surface area (Å²) in [7, 11) is 1.90. The highest BCUT2D eigenvalue weighted by Crippen LogP contribution is 2.23. The number of rotatable bonds is 7. The molecule has 1 aromatic heterocycles. The van der Waals surface area contributed by atoms with Gasteiger partial charge in [-0.25, -0.2) is 4.98 Å². The van der Waals surface area contributed by atoms with Crippen LogP contribution in [0, 0.1) is 13.8 Å². The molecule has 0 N–H and O–H groups in total. The van der Waals surface area contributed by atoms with Gasteiger partial charge in [0.1, 0.15) is 0 Å². The van der Waals surface area contributed by atoms with Gasteiger partial charge in [0.2, 0.25) is 5.91 Å². The molecule has 3 rings (SSSR count). The molecule has 1 aromatic carbocycles. The van der Waals surface area contributed by atoms with E-state index in [2.05, 4.69) is 46.5 Å². The minimum absolute atomic E-state index is 0.157. The topological polar surface area (TPSA) is 41.4 Å². The van der Waals surface area contributed by atoms with Crippen LogP contribution in [0.15, 0.2) is 35.7 Å². The first-order chi connectivity index (χ1) is 12.5. The molecule has 0 unspecified atom stereocenters. The maximum Gasteiger partial charge on any atom is 0.232 e. The number of carbonyl (C=O) groups is 1. The number of imidazole rings is 1. The lowest BCUT2D eigenvalue weighted by molar-refractivity contribution is -0.127. The van der Waals surface area contributed by atoms with Gasteiger partial charge in [-0.15, -0.1) is 0 Å². The second-order valence-corrected chi connectivity index (χ2v) is 7.96. The van der Waals surface area contributed by atoms with Crippen LogP contribution in [0.4, 0.5) is 0 Å². The highest BCUT2D eigenvalue weighted by atomic mass is 32.2. The number of hydrogen-bond donors (Lipinski definition) is 0. The highest BCUT2D eigenvalue weighted by molar-refractivity contribution is 7.99. The molecule has 140 valence electrons. The fraction of sp³-hybridized carbons (Fsp3) is 0.500. The molecule has 26 heavy (non-hydrogen) atoms. The number of carbonyl (C=O) groups excluding carboxylic acids is 1. The molecule has 0 saturated carbocycles. The molecule has 1 amide bonds. The normalized spacial score (nSPS) is 14.7. The number of benzene rings is 1. The molecule has 5 nitrogen and oxygen atoms in total. The maximum absolute atomic E-state index is 12.5. The van der Waals surface area contributed by atoms with Crippen molar-refractivity contribution in [1.29, 1.82) is 0 Å². The van der Waals surface area contributed by atoms with Gasteiger partial charge in [0.15, 0.2) is 5.16 Å². The van der Waals surface area contributed by atoms with Crippen molar-refractivity contribution in [1.82, 2.24) is 19.4 Å².